The fourth-order valence-corrected chi connectivity index (χ4v) is 2.87. The lowest BCUT2D eigenvalue weighted by molar-refractivity contribution is -0.543. The lowest BCUT2D eigenvalue weighted by Crippen LogP contribution is -2.50. The Morgan fingerprint density at radius 1 is 1.29 bits per heavy atom. The molecule has 3 unspecified atom stereocenters. The first-order valence-corrected chi connectivity index (χ1v) is 8.80. The topological polar surface area (TPSA) is 72.6 Å². The molecular formula is C11H25NO4Si. The second kappa shape index (κ2) is 5.45. The Hall–Kier alpha value is -0.463. The summed E-state index contributed by atoms with van der Waals surface area (Å²) in [6.45, 7) is 13.4. The first kappa shape index (κ1) is 16.5. The summed E-state index contributed by atoms with van der Waals surface area (Å²) in [5, 5.41) is 20.3. The third-order valence-electron chi connectivity index (χ3n) is 3.51. The monoisotopic (exact) mass is 263 g/mol. The van der Waals surface area contributed by atoms with Gasteiger partial charge in [-0.3, -0.25) is 10.1 Å². The van der Waals surface area contributed by atoms with Crippen molar-refractivity contribution in [1.82, 2.24) is 0 Å². The van der Waals surface area contributed by atoms with Crippen LogP contribution in [0, 0.1) is 10.1 Å². The van der Waals surface area contributed by atoms with Crippen molar-refractivity contribution in [1.29, 1.82) is 0 Å². The highest BCUT2D eigenvalue weighted by Gasteiger charge is 2.43. The number of rotatable bonds is 5. The molecule has 6 heteroatoms. The maximum absolute atomic E-state index is 10.9. The van der Waals surface area contributed by atoms with Gasteiger partial charge in [0.25, 0.3) is 6.04 Å². The van der Waals surface area contributed by atoms with Gasteiger partial charge in [0.1, 0.15) is 12.2 Å². The SMILES string of the molecule is CC(O)C(C(C)O[Si](C)(C)C(C)(C)C)[N+](=O)[O-]. The smallest absolute Gasteiger partial charge is 0.262 e. The Morgan fingerprint density at radius 2 is 1.71 bits per heavy atom. The highest BCUT2D eigenvalue weighted by molar-refractivity contribution is 6.74. The summed E-state index contributed by atoms with van der Waals surface area (Å²) >= 11 is 0. The number of nitro groups is 1. The Balaban J connectivity index is 4.84. The van der Waals surface area contributed by atoms with Gasteiger partial charge in [0, 0.05) is 4.92 Å². The summed E-state index contributed by atoms with van der Waals surface area (Å²) in [6, 6.07) is -1.07. The summed E-state index contributed by atoms with van der Waals surface area (Å²) in [6.07, 6.45) is -1.59. The van der Waals surface area contributed by atoms with Gasteiger partial charge >= 0.3 is 0 Å². The van der Waals surface area contributed by atoms with Crippen LogP contribution < -0.4 is 0 Å². The van der Waals surface area contributed by atoms with E-state index >= 15 is 0 Å². The van der Waals surface area contributed by atoms with Crippen molar-refractivity contribution in [3.63, 3.8) is 0 Å². The summed E-state index contributed by atoms with van der Waals surface area (Å²) in [4.78, 5) is 10.4. The molecule has 0 aliphatic heterocycles. The highest BCUT2D eigenvalue weighted by Crippen LogP contribution is 2.37. The number of hydrogen-bond acceptors (Lipinski definition) is 4. The molecule has 0 aliphatic carbocycles. The van der Waals surface area contributed by atoms with Crippen molar-refractivity contribution in [2.45, 2.75) is 71.0 Å². The van der Waals surface area contributed by atoms with Crippen LogP contribution in [0.25, 0.3) is 0 Å². The van der Waals surface area contributed by atoms with Gasteiger partial charge in [0.05, 0.1) is 0 Å². The molecule has 0 radical (unpaired) electrons. The molecule has 0 amide bonds. The van der Waals surface area contributed by atoms with Crippen LogP contribution in [-0.4, -0.2) is 36.6 Å². The van der Waals surface area contributed by atoms with Gasteiger partial charge in [0.2, 0.25) is 0 Å². The van der Waals surface area contributed by atoms with E-state index in [0.29, 0.717) is 0 Å². The van der Waals surface area contributed by atoms with Crippen molar-refractivity contribution < 1.29 is 14.5 Å². The van der Waals surface area contributed by atoms with Gasteiger partial charge in [-0.2, -0.15) is 0 Å². The number of hydrogen-bond donors (Lipinski definition) is 1. The van der Waals surface area contributed by atoms with Crippen molar-refractivity contribution in [3.8, 4) is 0 Å². The molecule has 0 aromatic heterocycles. The second-order valence-corrected chi connectivity index (χ2v) is 10.9. The molecule has 0 heterocycles. The molecule has 17 heavy (non-hydrogen) atoms. The van der Waals surface area contributed by atoms with Crippen LogP contribution in [0.2, 0.25) is 18.1 Å². The summed E-state index contributed by atoms with van der Waals surface area (Å²) in [5.41, 5.74) is 0. The largest absolute Gasteiger partial charge is 0.407 e. The van der Waals surface area contributed by atoms with Gasteiger partial charge < -0.3 is 9.53 Å². The minimum Gasteiger partial charge on any atom is -0.407 e. The van der Waals surface area contributed by atoms with E-state index in [0.717, 1.165) is 0 Å². The highest BCUT2D eigenvalue weighted by atomic mass is 28.4. The maximum Gasteiger partial charge on any atom is 0.262 e. The summed E-state index contributed by atoms with van der Waals surface area (Å²) in [5.74, 6) is 0. The van der Waals surface area contributed by atoms with Gasteiger partial charge in [-0.25, -0.2) is 0 Å². The van der Waals surface area contributed by atoms with Crippen LogP contribution in [0.15, 0.2) is 0 Å². The van der Waals surface area contributed by atoms with Crippen LogP contribution >= 0.6 is 0 Å². The number of aliphatic hydroxyl groups excluding tert-OH is 1. The number of aliphatic hydroxyl groups is 1. The zero-order chi connectivity index (χ0) is 14.0. The molecule has 0 aliphatic rings. The van der Waals surface area contributed by atoms with E-state index in [1.54, 1.807) is 6.92 Å². The average Bonchev–Trinajstić information content (AvgIpc) is 1.97. The molecule has 0 saturated carbocycles. The van der Waals surface area contributed by atoms with Crippen LogP contribution in [0.5, 0.6) is 0 Å². The van der Waals surface area contributed by atoms with E-state index in [1.165, 1.54) is 6.92 Å². The molecule has 0 bridgehead atoms. The first-order chi connectivity index (χ1) is 7.40. The van der Waals surface area contributed by atoms with Gasteiger partial charge in [-0.15, -0.1) is 0 Å². The Kier molecular flexibility index (Phi) is 5.30. The number of nitrogens with zero attached hydrogens (tertiary/aromatic N) is 1. The van der Waals surface area contributed by atoms with E-state index in [1.807, 2.05) is 13.1 Å². The Morgan fingerprint density at radius 3 is 1.94 bits per heavy atom. The maximum atomic E-state index is 10.9. The molecule has 5 nitrogen and oxygen atoms in total. The molecular weight excluding hydrogens is 238 g/mol. The van der Waals surface area contributed by atoms with Crippen molar-refractivity contribution in [3.05, 3.63) is 10.1 Å². The molecule has 0 fully saturated rings. The first-order valence-electron chi connectivity index (χ1n) is 5.89. The normalized spacial score (nSPS) is 18.6. The molecule has 3 atom stereocenters. The van der Waals surface area contributed by atoms with Crippen molar-refractivity contribution in [2.75, 3.05) is 0 Å². The zero-order valence-electron chi connectivity index (χ0n) is 11.9. The van der Waals surface area contributed by atoms with Gasteiger partial charge in [0.15, 0.2) is 8.32 Å². The Labute approximate surface area is 104 Å². The van der Waals surface area contributed by atoms with Crippen LogP contribution in [0.3, 0.4) is 0 Å². The third-order valence-corrected chi connectivity index (χ3v) is 8.08. The zero-order valence-corrected chi connectivity index (χ0v) is 12.9. The van der Waals surface area contributed by atoms with Crippen molar-refractivity contribution >= 4 is 8.32 Å². The summed E-state index contributed by atoms with van der Waals surface area (Å²) < 4.78 is 5.92. The van der Waals surface area contributed by atoms with E-state index in [-0.39, 0.29) is 5.04 Å². The predicted molar refractivity (Wildman–Crippen MR) is 70.2 cm³/mol. The fourth-order valence-electron chi connectivity index (χ4n) is 1.45. The minimum absolute atomic E-state index is 0.00109. The summed E-state index contributed by atoms with van der Waals surface area (Å²) in [7, 11) is -2.04. The van der Waals surface area contributed by atoms with E-state index in [2.05, 4.69) is 20.8 Å². The van der Waals surface area contributed by atoms with Crippen LogP contribution in [0.4, 0.5) is 0 Å². The lowest BCUT2D eigenvalue weighted by Gasteiger charge is -2.39. The van der Waals surface area contributed by atoms with Gasteiger partial charge in [-0.1, -0.05) is 20.8 Å². The lowest BCUT2D eigenvalue weighted by atomic mass is 10.1. The molecule has 1 N–H and O–H groups in total. The van der Waals surface area contributed by atoms with Crippen LogP contribution in [0.1, 0.15) is 34.6 Å². The van der Waals surface area contributed by atoms with Gasteiger partial charge in [-0.05, 0) is 32.0 Å². The van der Waals surface area contributed by atoms with E-state index < -0.39 is 31.5 Å². The molecule has 102 valence electrons. The molecule has 0 aromatic carbocycles. The second-order valence-electron chi connectivity index (χ2n) is 6.10. The molecule has 0 aromatic rings. The predicted octanol–water partition coefficient (Wildman–Crippen LogP) is 2.42. The standard InChI is InChI=1S/C11H25NO4Si/c1-8(13)10(12(14)15)9(2)16-17(6,7)11(3,4)5/h8-10,13H,1-7H3. The Bertz CT molecular complexity index is 273. The van der Waals surface area contributed by atoms with E-state index in [4.69, 9.17) is 4.43 Å². The molecule has 0 spiro atoms. The quantitative estimate of drug-likeness (QED) is 0.470. The molecule has 0 saturated heterocycles. The molecule has 0 rings (SSSR count). The van der Waals surface area contributed by atoms with E-state index in [9.17, 15) is 15.2 Å². The minimum atomic E-state index is -2.04. The van der Waals surface area contributed by atoms with Crippen molar-refractivity contribution in [2.24, 2.45) is 0 Å². The average molecular weight is 263 g/mol. The third kappa shape index (κ3) is 4.37. The fraction of sp³-hybridized carbons (Fsp3) is 1.00. The van der Waals surface area contributed by atoms with Crippen LogP contribution in [-0.2, 0) is 4.43 Å².